The average Bonchev–Trinajstić information content (AvgIpc) is 2.12. The molecule has 2 unspecified atom stereocenters. The second-order valence-corrected chi connectivity index (χ2v) is 3.97. The van der Waals surface area contributed by atoms with Gasteiger partial charge in [-0.3, -0.25) is 0 Å². The Hall–Kier alpha value is -0.120. The molecular weight excluding hydrogens is 164 g/mol. The van der Waals surface area contributed by atoms with Crippen LogP contribution >= 0.6 is 0 Å². The molecule has 0 aromatic heterocycles. The second kappa shape index (κ2) is 7.30. The maximum absolute atomic E-state index is 5.49. The molecule has 0 aromatic rings. The zero-order valence-electron chi connectivity index (χ0n) is 9.34. The van der Waals surface area contributed by atoms with Gasteiger partial charge in [-0.25, -0.2) is 0 Å². The summed E-state index contributed by atoms with van der Waals surface area (Å²) in [6.45, 7) is 9.20. The molecule has 0 rings (SSSR count). The summed E-state index contributed by atoms with van der Waals surface area (Å²) in [5, 5.41) is 3.36. The minimum atomic E-state index is 0.152. The highest BCUT2D eigenvalue weighted by Crippen LogP contribution is 2.07. The maximum Gasteiger partial charge on any atom is 0.0817 e. The van der Waals surface area contributed by atoms with Gasteiger partial charge in [0, 0.05) is 20.2 Å². The first-order valence-electron chi connectivity index (χ1n) is 5.05. The summed E-state index contributed by atoms with van der Waals surface area (Å²) in [7, 11) is 1.70. The molecule has 0 heterocycles. The highest BCUT2D eigenvalue weighted by molar-refractivity contribution is 4.65. The number of methoxy groups -OCH3 is 1. The number of nitrogens with one attached hydrogen (secondary N) is 1. The Labute approximate surface area is 82.0 Å². The Morgan fingerprint density at radius 2 is 1.85 bits per heavy atom. The van der Waals surface area contributed by atoms with Crippen molar-refractivity contribution < 1.29 is 4.74 Å². The van der Waals surface area contributed by atoms with E-state index in [1.165, 1.54) is 0 Å². The van der Waals surface area contributed by atoms with Crippen molar-refractivity contribution >= 4 is 0 Å². The molecule has 0 radical (unpaired) electrons. The Bertz CT molecular complexity index is 111. The first kappa shape index (κ1) is 12.9. The minimum absolute atomic E-state index is 0.152. The van der Waals surface area contributed by atoms with Crippen LogP contribution in [0.2, 0.25) is 0 Å². The van der Waals surface area contributed by atoms with Crippen LogP contribution < -0.4 is 11.1 Å². The minimum Gasteiger partial charge on any atom is -0.379 e. The van der Waals surface area contributed by atoms with Crippen LogP contribution in [0.25, 0.3) is 0 Å². The van der Waals surface area contributed by atoms with Gasteiger partial charge in [0.15, 0.2) is 0 Å². The van der Waals surface area contributed by atoms with E-state index >= 15 is 0 Å². The van der Waals surface area contributed by atoms with Crippen molar-refractivity contribution in [3.63, 3.8) is 0 Å². The summed E-state index contributed by atoms with van der Waals surface area (Å²) in [4.78, 5) is 0. The van der Waals surface area contributed by atoms with E-state index in [4.69, 9.17) is 10.5 Å². The van der Waals surface area contributed by atoms with Gasteiger partial charge in [-0.15, -0.1) is 0 Å². The monoisotopic (exact) mass is 188 g/mol. The number of ether oxygens (including phenoxy) is 1. The van der Waals surface area contributed by atoms with Crippen molar-refractivity contribution in [2.75, 3.05) is 26.7 Å². The van der Waals surface area contributed by atoms with E-state index in [-0.39, 0.29) is 6.10 Å². The molecule has 0 aliphatic heterocycles. The zero-order chi connectivity index (χ0) is 10.3. The largest absolute Gasteiger partial charge is 0.379 e. The summed E-state index contributed by atoms with van der Waals surface area (Å²) in [5.74, 6) is 1.43. The molecule has 3 nitrogen and oxygen atoms in total. The smallest absolute Gasteiger partial charge is 0.0817 e. The van der Waals surface area contributed by atoms with E-state index in [0.29, 0.717) is 12.5 Å². The number of nitrogens with two attached hydrogens (primary N) is 1. The molecule has 0 bridgehead atoms. The van der Waals surface area contributed by atoms with Gasteiger partial charge in [0.1, 0.15) is 0 Å². The summed E-state index contributed by atoms with van der Waals surface area (Å²) >= 11 is 0. The van der Waals surface area contributed by atoms with Gasteiger partial charge in [0.05, 0.1) is 6.10 Å². The van der Waals surface area contributed by atoms with E-state index in [2.05, 4.69) is 26.1 Å². The predicted octanol–water partition coefficient (Wildman–Crippen LogP) is 0.842. The highest BCUT2D eigenvalue weighted by atomic mass is 16.5. The summed E-state index contributed by atoms with van der Waals surface area (Å²) in [6.07, 6.45) is 0.152. The van der Waals surface area contributed by atoms with Crippen LogP contribution in [0.1, 0.15) is 20.8 Å². The lowest BCUT2D eigenvalue weighted by Gasteiger charge is -2.18. The molecule has 0 aromatic carbocycles. The maximum atomic E-state index is 5.49. The molecule has 3 N–H and O–H groups in total. The van der Waals surface area contributed by atoms with Crippen LogP contribution in [0.15, 0.2) is 0 Å². The topological polar surface area (TPSA) is 47.3 Å². The third-order valence-electron chi connectivity index (χ3n) is 2.57. The Morgan fingerprint density at radius 3 is 2.23 bits per heavy atom. The van der Waals surface area contributed by atoms with Crippen molar-refractivity contribution in [1.29, 1.82) is 0 Å². The third kappa shape index (κ3) is 6.02. The molecule has 0 saturated heterocycles. The van der Waals surface area contributed by atoms with Gasteiger partial charge in [0.25, 0.3) is 0 Å². The quantitative estimate of drug-likeness (QED) is 0.622. The van der Waals surface area contributed by atoms with E-state index in [1.54, 1.807) is 7.11 Å². The lowest BCUT2D eigenvalue weighted by Crippen LogP contribution is -2.36. The molecule has 13 heavy (non-hydrogen) atoms. The molecule has 2 atom stereocenters. The molecule has 0 fully saturated rings. The van der Waals surface area contributed by atoms with Crippen LogP contribution in [0.3, 0.4) is 0 Å². The number of hydrogen-bond acceptors (Lipinski definition) is 3. The van der Waals surface area contributed by atoms with Crippen molar-refractivity contribution in [3.05, 3.63) is 0 Å². The second-order valence-electron chi connectivity index (χ2n) is 3.97. The number of hydrogen-bond donors (Lipinski definition) is 2. The molecule has 3 heteroatoms. The van der Waals surface area contributed by atoms with Crippen LogP contribution in [0.5, 0.6) is 0 Å². The fraction of sp³-hybridized carbons (Fsp3) is 1.00. The van der Waals surface area contributed by atoms with Crippen LogP contribution in [0.4, 0.5) is 0 Å². The lowest BCUT2D eigenvalue weighted by molar-refractivity contribution is 0.107. The fourth-order valence-corrected chi connectivity index (χ4v) is 0.971. The third-order valence-corrected chi connectivity index (χ3v) is 2.57. The van der Waals surface area contributed by atoms with Crippen LogP contribution in [0, 0.1) is 11.8 Å². The SMILES string of the molecule is COC(CN)CNCC(C)C(C)C. The average molecular weight is 188 g/mol. The molecule has 0 aliphatic carbocycles. The van der Waals surface area contributed by atoms with Gasteiger partial charge >= 0.3 is 0 Å². The van der Waals surface area contributed by atoms with E-state index in [0.717, 1.165) is 19.0 Å². The Kier molecular flexibility index (Phi) is 7.23. The first-order chi connectivity index (χ1) is 6.11. The molecular formula is C10H24N2O. The Balaban J connectivity index is 3.43. The predicted molar refractivity (Wildman–Crippen MR) is 56.7 cm³/mol. The van der Waals surface area contributed by atoms with E-state index < -0.39 is 0 Å². The van der Waals surface area contributed by atoms with Crippen LogP contribution in [-0.4, -0.2) is 32.8 Å². The van der Waals surface area contributed by atoms with Crippen LogP contribution in [-0.2, 0) is 4.74 Å². The van der Waals surface area contributed by atoms with Crippen molar-refractivity contribution in [2.24, 2.45) is 17.6 Å². The van der Waals surface area contributed by atoms with Gasteiger partial charge in [-0.2, -0.15) is 0 Å². The molecule has 0 saturated carbocycles. The molecule has 80 valence electrons. The molecule has 0 amide bonds. The van der Waals surface area contributed by atoms with Gasteiger partial charge in [-0.1, -0.05) is 20.8 Å². The highest BCUT2D eigenvalue weighted by Gasteiger charge is 2.08. The van der Waals surface area contributed by atoms with E-state index in [1.807, 2.05) is 0 Å². The number of rotatable bonds is 7. The zero-order valence-corrected chi connectivity index (χ0v) is 9.34. The van der Waals surface area contributed by atoms with Crippen molar-refractivity contribution in [2.45, 2.75) is 26.9 Å². The summed E-state index contributed by atoms with van der Waals surface area (Å²) in [5.41, 5.74) is 5.49. The van der Waals surface area contributed by atoms with Crippen molar-refractivity contribution in [1.82, 2.24) is 5.32 Å². The van der Waals surface area contributed by atoms with Crippen molar-refractivity contribution in [3.8, 4) is 0 Å². The lowest BCUT2D eigenvalue weighted by atomic mass is 9.98. The normalized spacial score (nSPS) is 16.2. The van der Waals surface area contributed by atoms with Gasteiger partial charge in [-0.05, 0) is 18.4 Å². The molecule has 0 aliphatic rings. The van der Waals surface area contributed by atoms with E-state index in [9.17, 15) is 0 Å². The first-order valence-corrected chi connectivity index (χ1v) is 5.05. The summed E-state index contributed by atoms with van der Waals surface area (Å²) in [6, 6.07) is 0. The van der Waals surface area contributed by atoms with Gasteiger partial charge < -0.3 is 15.8 Å². The Morgan fingerprint density at radius 1 is 1.23 bits per heavy atom. The summed E-state index contributed by atoms with van der Waals surface area (Å²) < 4.78 is 5.15. The van der Waals surface area contributed by atoms with Gasteiger partial charge in [0.2, 0.25) is 0 Å². The molecule has 0 spiro atoms. The standard InChI is InChI=1S/C10H24N2O/c1-8(2)9(3)6-12-7-10(5-11)13-4/h8-10,12H,5-7,11H2,1-4H3. The fourth-order valence-electron chi connectivity index (χ4n) is 0.971.